The Morgan fingerprint density at radius 3 is 2.37 bits per heavy atom. The first-order valence-electron chi connectivity index (χ1n) is 6.58. The molecule has 5 heteroatoms. The van der Waals surface area contributed by atoms with Crippen molar-refractivity contribution in [3.05, 3.63) is 24.3 Å². The first kappa shape index (κ1) is 16.1. The molecule has 3 atom stereocenters. The molecular weight excluding hydrogens is 260 g/mol. The number of hydrogen-bond acceptors (Lipinski definition) is 5. The predicted molar refractivity (Wildman–Crippen MR) is 82.2 cm³/mol. The Labute approximate surface area is 119 Å². The van der Waals surface area contributed by atoms with Crippen LogP contribution in [-0.2, 0) is 4.74 Å². The Kier molecular flexibility index (Phi) is 7.05. The number of thioether (sulfide) groups is 1. The average Bonchev–Trinajstić information content (AvgIpc) is 2.40. The van der Waals surface area contributed by atoms with Crippen molar-refractivity contribution in [1.29, 1.82) is 0 Å². The predicted octanol–water partition coefficient (Wildman–Crippen LogP) is 2.83. The second-order valence-electron chi connectivity index (χ2n) is 4.41. The van der Waals surface area contributed by atoms with Crippen LogP contribution >= 0.6 is 11.8 Å². The fraction of sp³-hybridized carbons (Fsp3) is 0.571. The minimum Gasteiger partial charge on any atom is -0.480 e. The van der Waals surface area contributed by atoms with Gasteiger partial charge >= 0.3 is 0 Å². The van der Waals surface area contributed by atoms with E-state index < -0.39 is 0 Å². The minimum absolute atomic E-state index is 0.0530. The van der Waals surface area contributed by atoms with Gasteiger partial charge in [0, 0.05) is 12.2 Å². The molecule has 0 radical (unpaired) electrons. The molecule has 0 aliphatic rings. The summed E-state index contributed by atoms with van der Waals surface area (Å²) >= 11 is 1.66. The molecule has 19 heavy (non-hydrogen) atoms. The van der Waals surface area contributed by atoms with Gasteiger partial charge in [-0.2, -0.15) is 0 Å². The van der Waals surface area contributed by atoms with Gasteiger partial charge in [-0.25, -0.2) is 0 Å². The molecule has 0 fully saturated rings. The molecule has 0 heterocycles. The summed E-state index contributed by atoms with van der Waals surface area (Å²) in [6.07, 6.45) is 0.969. The maximum absolute atomic E-state index is 5.90. The molecule has 0 saturated heterocycles. The van der Waals surface area contributed by atoms with Crippen LogP contribution in [0.5, 0.6) is 5.75 Å². The van der Waals surface area contributed by atoms with Gasteiger partial charge in [0.1, 0.15) is 16.6 Å². The number of ether oxygens (including phenoxy) is 2. The summed E-state index contributed by atoms with van der Waals surface area (Å²) in [7, 11) is 0. The summed E-state index contributed by atoms with van der Waals surface area (Å²) in [6, 6.07) is 7.44. The Hall–Kier alpha value is -0.910. The zero-order valence-electron chi connectivity index (χ0n) is 11.8. The molecule has 108 valence electrons. The topological polar surface area (TPSA) is 70.5 Å². The van der Waals surface area contributed by atoms with Crippen molar-refractivity contribution < 1.29 is 9.47 Å². The molecular formula is C14H24N2O2S. The average molecular weight is 284 g/mol. The quantitative estimate of drug-likeness (QED) is 0.567. The lowest BCUT2D eigenvalue weighted by Gasteiger charge is -2.23. The van der Waals surface area contributed by atoms with Crippen LogP contribution in [0.15, 0.2) is 24.3 Å². The van der Waals surface area contributed by atoms with Gasteiger partial charge in [-0.05, 0) is 44.5 Å². The van der Waals surface area contributed by atoms with Gasteiger partial charge in [-0.3, -0.25) is 0 Å². The summed E-state index contributed by atoms with van der Waals surface area (Å²) in [5.74, 6) is 0.827. The number of nitrogens with two attached hydrogens (primary N) is 2. The van der Waals surface area contributed by atoms with Crippen molar-refractivity contribution in [2.75, 3.05) is 12.3 Å². The van der Waals surface area contributed by atoms with E-state index in [-0.39, 0.29) is 17.0 Å². The Bertz CT molecular complexity index is 359. The maximum atomic E-state index is 5.90. The third kappa shape index (κ3) is 6.18. The molecule has 0 aliphatic carbocycles. The standard InChI is InChI=1S/C14H24N2O2S/c1-4-14(19-11(3)17-10(2)9-15)18-13-7-5-12(16)6-8-13/h5-8,10-11,14H,4,9,15-16H2,1-3H3. The lowest BCUT2D eigenvalue weighted by molar-refractivity contribution is 0.0607. The van der Waals surface area contributed by atoms with Crippen molar-refractivity contribution in [1.82, 2.24) is 0 Å². The van der Waals surface area contributed by atoms with Crippen molar-refractivity contribution in [3.8, 4) is 5.75 Å². The fourth-order valence-corrected chi connectivity index (χ4v) is 2.57. The number of benzene rings is 1. The Morgan fingerprint density at radius 1 is 1.21 bits per heavy atom. The summed E-state index contributed by atoms with van der Waals surface area (Å²) in [6.45, 7) is 6.61. The maximum Gasteiger partial charge on any atom is 0.146 e. The van der Waals surface area contributed by atoms with Gasteiger partial charge in [-0.15, -0.1) is 0 Å². The fourth-order valence-electron chi connectivity index (χ4n) is 1.53. The van der Waals surface area contributed by atoms with Crippen LogP contribution < -0.4 is 16.2 Å². The van der Waals surface area contributed by atoms with E-state index in [9.17, 15) is 0 Å². The summed E-state index contributed by atoms with van der Waals surface area (Å²) in [5, 5.41) is 0. The SMILES string of the molecule is CCC(Oc1ccc(N)cc1)SC(C)OC(C)CN. The van der Waals surface area contributed by atoms with Gasteiger partial charge in [-0.1, -0.05) is 18.7 Å². The molecule has 0 bridgehead atoms. The second-order valence-corrected chi connectivity index (χ2v) is 5.87. The number of rotatable bonds is 8. The number of hydrogen-bond donors (Lipinski definition) is 2. The monoisotopic (exact) mass is 284 g/mol. The largest absolute Gasteiger partial charge is 0.480 e. The van der Waals surface area contributed by atoms with Crippen molar-refractivity contribution in [2.45, 2.75) is 44.2 Å². The molecule has 0 spiro atoms. The molecule has 0 aliphatic heterocycles. The first-order valence-corrected chi connectivity index (χ1v) is 7.52. The molecule has 4 N–H and O–H groups in total. The molecule has 0 saturated carbocycles. The van der Waals surface area contributed by atoms with Crippen LogP contribution in [0.4, 0.5) is 5.69 Å². The lowest BCUT2D eigenvalue weighted by Crippen LogP contribution is -2.25. The number of anilines is 1. The van der Waals surface area contributed by atoms with Gasteiger partial charge in [0.15, 0.2) is 0 Å². The van der Waals surface area contributed by atoms with E-state index in [1.54, 1.807) is 11.8 Å². The zero-order valence-corrected chi connectivity index (χ0v) is 12.7. The molecule has 1 aromatic rings. The van der Waals surface area contributed by atoms with E-state index in [2.05, 4.69) is 6.92 Å². The number of nitrogen functional groups attached to an aromatic ring is 1. The second kappa shape index (κ2) is 8.30. The van der Waals surface area contributed by atoms with Gasteiger partial charge < -0.3 is 20.9 Å². The van der Waals surface area contributed by atoms with E-state index >= 15 is 0 Å². The van der Waals surface area contributed by atoms with Crippen LogP contribution in [-0.4, -0.2) is 23.5 Å². The smallest absolute Gasteiger partial charge is 0.146 e. The highest BCUT2D eigenvalue weighted by molar-refractivity contribution is 8.00. The molecule has 4 nitrogen and oxygen atoms in total. The third-order valence-electron chi connectivity index (χ3n) is 2.58. The first-order chi connectivity index (χ1) is 9.05. The highest BCUT2D eigenvalue weighted by Crippen LogP contribution is 2.26. The Balaban J connectivity index is 2.47. The van der Waals surface area contributed by atoms with E-state index in [1.165, 1.54) is 0 Å². The molecule has 0 aromatic heterocycles. The van der Waals surface area contributed by atoms with E-state index in [0.29, 0.717) is 6.54 Å². The van der Waals surface area contributed by atoms with Gasteiger partial charge in [0.2, 0.25) is 0 Å². The van der Waals surface area contributed by atoms with Crippen molar-refractivity contribution in [3.63, 3.8) is 0 Å². The normalized spacial score (nSPS) is 15.8. The van der Waals surface area contributed by atoms with Crippen molar-refractivity contribution in [2.24, 2.45) is 5.73 Å². The zero-order chi connectivity index (χ0) is 14.3. The van der Waals surface area contributed by atoms with Gasteiger partial charge in [0.25, 0.3) is 0 Å². The Morgan fingerprint density at radius 2 is 1.84 bits per heavy atom. The molecule has 3 unspecified atom stereocenters. The van der Waals surface area contributed by atoms with Crippen molar-refractivity contribution >= 4 is 17.4 Å². The minimum atomic E-state index is 0.0530. The van der Waals surface area contributed by atoms with E-state index in [4.69, 9.17) is 20.9 Å². The van der Waals surface area contributed by atoms with Crippen LogP contribution in [0.3, 0.4) is 0 Å². The van der Waals surface area contributed by atoms with E-state index in [1.807, 2.05) is 38.1 Å². The molecule has 1 aromatic carbocycles. The lowest BCUT2D eigenvalue weighted by atomic mass is 10.3. The third-order valence-corrected chi connectivity index (χ3v) is 3.81. The van der Waals surface area contributed by atoms with Crippen LogP contribution in [0, 0.1) is 0 Å². The van der Waals surface area contributed by atoms with Crippen LogP contribution in [0.1, 0.15) is 27.2 Å². The van der Waals surface area contributed by atoms with Crippen LogP contribution in [0.2, 0.25) is 0 Å². The van der Waals surface area contributed by atoms with Gasteiger partial charge in [0.05, 0.1) is 6.10 Å². The molecule has 0 amide bonds. The highest BCUT2D eigenvalue weighted by Gasteiger charge is 2.16. The summed E-state index contributed by atoms with van der Waals surface area (Å²) in [4.78, 5) is 0. The van der Waals surface area contributed by atoms with E-state index in [0.717, 1.165) is 17.9 Å². The molecule has 1 rings (SSSR count). The summed E-state index contributed by atoms with van der Waals surface area (Å²) in [5.41, 5.74) is 12.0. The summed E-state index contributed by atoms with van der Waals surface area (Å²) < 4.78 is 11.6. The van der Waals surface area contributed by atoms with Crippen LogP contribution in [0.25, 0.3) is 0 Å². The highest BCUT2D eigenvalue weighted by atomic mass is 32.2.